The Balaban J connectivity index is 1.63. The van der Waals surface area contributed by atoms with E-state index in [-0.39, 0.29) is 5.28 Å². The van der Waals surface area contributed by atoms with Gasteiger partial charge in [-0.1, -0.05) is 6.07 Å². The van der Waals surface area contributed by atoms with Crippen molar-refractivity contribution < 1.29 is 9.47 Å². The van der Waals surface area contributed by atoms with Gasteiger partial charge in [-0.3, -0.25) is 5.10 Å². The van der Waals surface area contributed by atoms with E-state index >= 15 is 0 Å². The number of nitrogens with zero attached hydrogens (tertiary/aromatic N) is 3. The molecule has 0 radical (unpaired) electrons. The van der Waals surface area contributed by atoms with Crippen LogP contribution in [0.2, 0.25) is 5.28 Å². The van der Waals surface area contributed by atoms with Gasteiger partial charge in [0, 0.05) is 12.3 Å². The number of aryl methyl sites for hydroxylation is 1. The molecule has 3 rings (SSSR count). The molecule has 0 aliphatic carbocycles. The first kappa shape index (κ1) is 16.1. The lowest BCUT2D eigenvalue weighted by Crippen LogP contribution is -1.97. The van der Waals surface area contributed by atoms with Gasteiger partial charge in [-0.25, -0.2) is 9.97 Å². The molecule has 2 aromatic heterocycles. The van der Waals surface area contributed by atoms with Crippen molar-refractivity contribution >= 4 is 23.2 Å². The molecule has 124 valence electrons. The first-order valence-electron chi connectivity index (χ1n) is 7.21. The third-order valence-corrected chi connectivity index (χ3v) is 3.36. The van der Waals surface area contributed by atoms with E-state index in [1.807, 2.05) is 25.1 Å². The average molecular weight is 346 g/mol. The zero-order chi connectivity index (χ0) is 16.9. The van der Waals surface area contributed by atoms with Crippen LogP contribution in [0.5, 0.6) is 11.6 Å². The summed E-state index contributed by atoms with van der Waals surface area (Å²) in [4.78, 5) is 7.87. The number of hydrogen-bond acceptors (Lipinski definition) is 6. The average Bonchev–Trinajstić information content (AvgIpc) is 3.00. The molecule has 3 aromatic rings. The normalized spacial score (nSPS) is 10.5. The van der Waals surface area contributed by atoms with E-state index in [9.17, 15) is 0 Å². The van der Waals surface area contributed by atoms with Gasteiger partial charge in [0.15, 0.2) is 0 Å². The lowest BCUT2D eigenvalue weighted by atomic mass is 10.1. The van der Waals surface area contributed by atoms with E-state index in [0.29, 0.717) is 24.1 Å². The van der Waals surface area contributed by atoms with E-state index in [1.54, 1.807) is 25.4 Å². The molecule has 0 saturated carbocycles. The van der Waals surface area contributed by atoms with E-state index in [2.05, 4.69) is 25.5 Å². The van der Waals surface area contributed by atoms with Crippen molar-refractivity contribution in [1.82, 2.24) is 20.2 Å². The van der Waals surface area contributed by atoms with Gasteiger partial charge in [-0.2, -0.15) is 0 Å². The van der Waals surface area contributed by atoms with E-state index in [1.165, 1.54) is 0 Å². The molecule has 24 heavy (non-hydrogen) atoms. The molecule has 0 spiro atoms. The third-order valence-electron chi connectivity index (χ3n) is 3.18. The minimum absolute atomic E-state index is 0.171. The van der Waals surface area contributed by atoms with Crippen LogP contribution in [0.1, 0.15) is 11.1 Å². The number of ether oxygens (including phenoxy) is 2. The molecule has 0 unspecified atom stereocenters. The first-order chi connectivity index (χ1) is 11.6. The van der Waals surface area contributed by atoms with Gasteiger partial charge in [0.05, 0.1) is 7.11 Å². The quantitative estimate of drug-likeness (QED) is 0.665. The number of H-pyrrole nitrogens is 1. The number of aromatic nitrogens is 4. The minimum atomic E-state index is 0.171. The molecule has 0 amide bonds. The summed E-state index contributed by atoms with van der Waals surface area (Å²) in [6, 6.07) is 9.38. The highest BCUT2D eigenvalue weighted by Gasteiger charge is 2.05. The monoisotopic (exact) mass is 345 g/mol. The molecule has 0 fully saturated rings. The summed E-state index contributed by atoms with van der Waals surface area (Å²) < 4.78 is 10.9. The van der Waals surface area contributed by atoms with Crippen LogP contribution in [0.25, 0.3) is 0 Å². The zero-order valence-corrected chi connectivity index (χ0v) is 14.0. The number of benzene rings is 1. The van der Waals surface area contributed by atoms with Gasteiger partial charge in [0.25, 0.3) is 0 Å². The molecular formula is C16H16ClN5O2. The maximum atomic E-state index is 5.75. The van der Waals surface area contributed by atoms with E-state index in [4.69, 9.17) is 21.1 Å². The topological polar surface area (TPSA) is 85.0 Å². The molecule has 7 nitrogen and oxygen atoms in total. The Hall–Kier alpha value is -2.80. The smallest absolute Gasteiger partial charge is 0.235 e. The Bertz CT molecular complexity index is 837. The standard InChI is InChI=1S/C16H16ClN5O2/c1-10-5-11(7-12(6-10)23-2)9-24-15-8-14(21-22-15)19-13-3-4-18-16(17)20-13/h3-8H,9H2,1-2H3,(H2,18,19,20,21,22). The zero-order valence-electron chi connectivity index (χ0n) is 13.2. The largest absolute Gasteiger partial charge is 0.497 e. The molecule has 2 N–H and O–H groups in total. The molecule has 0 atom stereocenters. The molecule has 0 aliphatic heterocycles. The van der Waals surface area contributed by atoms with Crippen molar-refractivity contribution in [3.05, 3.63) is 52.9 Å². The van der Waals surface area contributed by atoms with Crippen molar-refractivity contribution in [2.24, 2.45) is 0 Å². The fraction of sp³-hybridized carbons (Fsp3) is 0.188. The van der Waals surface area contributed by atoms with E-state index < -0.39 is 0 Å². The van der Waals surface area contributed by atoms with Crippen LogP contribution in [0.4, 0.5) is 11.6 Å². The number of nitrogens with one attached hydrogen (secondary N) is 2. The summed E-state index contributed by atoms with van der Waals surface area (Å²) in [5.74, 6) is 2.48. The van der Waals surface area contributed by atoms with Crippen molar-refractivity contribution in [2.45, 2.75) is 13.5 Å². The summed E-state index contributed by atoms with van der Waals surface area (Å²) in [5.41, 5.74) is 2.12. The van der Waals surface area contributed by atoms with Crippen molar-refractivity contribution in [3.8, 4) is 11.6 Å². The second-order valence-corrected chi connectivity index (χ2v) is 5.44. The third kappa shape index (κ3) is 4.14. The number of methoxy groups -OCH3 is 1. The molecular weight excluding hydrogens is 330 g/mol. The van der Waals surface area contributed by atoms with Crippen LogP contribution >= 0.6 is 11.6 Å². The van der Waals surface area contributed by atoms with Crippen LogP contribution in [-0.2, 0) is 6.61 Å². The Labute approximate surface area is 144 Å². The summed E-state index contributed by atoms with van der Waals surface area (Å²) in [6.07, 6.45) is 1.57. The van der Waals surface area contributed by atoms with Crippen molar-refractivity contribution in [1.29, 1.82) is 0 Å². The van der Waals surface area contributed by atoms with Gasteiger partial charge in [-0.05, 0) is 47.9 Å². The molecule has 0 aliphatic rings. The highest BCUT2D eigenvalue weighted by Crippen LogP contribution is 2.20. The van der Waals surface area contributed by atoms with Crippen LogP contribution in [0, 0.1) is 6.92 Å². The Morgan fingerprint density at radius 3 is 2.92 bits per heavy atom. The van der Waals surface area contributed by atoms with Gasteiger partial charge >= 0.3 is 0 Å². The Morgan fingerprint density at radius 2 is 2.12 bits per heavy atom. The first-order valence-corrected chi connectivity index (χ1v) is 7.58. The van der Waals surface area contributed by atoms with Gasteiger partial charge in [-0.15, -0.1) is 5.10 Å². The summed E-state index contributed by atoms with van der Waals surface area (Å²) in [7, 11) is 1.64. The number of halogens is 1. The van der Waals surface area contributed by atoms with Gasteiger partial charge < -0.3 is 14.8 Å². The maximum absolute atomic E-state index is 5.75. The Kier molecular flexibility index (Phi) is 4.81. The fourth-order valence-electron chi connectivity index (χ4n) is 2.17. The van der Waals surface area contributed by atoms with E-state index in [0.717, 1.165) is 16.9 Å². The Morgan fingerprint density at radius 1 is 1.25 bits per heavy atom. The van der Waals surface area contributed by atoms with Gasteiger partial charge in [0.2, 0.25) is 11.2 Å². The minimum Gasteiger partial charge on any atom is -0.497 e. The van der Waals surface area contributed by atoms with Crippen molar-refractivity contribution in [2.75, 3.05) is 12.4 Å². The summed E-state index contributed by atoms with van der Waals surface area (Å²) in [5, 5.41) is 10.1. The predicted molar refractivity (Wildman–Crippen MR) is 91.0 cm³/mol. The molecule has 2 heterocycles. The highest BCUT2D eigenvalue weighted by molar-refractivity contribution is 6.28. The van der Waals surface area contributed by atoms with Crippen LogP contribution in [0.3, 0.4) is 0 Å². The summed E-state index contributed by atoms with van der Waals surface area (Å²) >= 11 is 5.75. The van der Waals surface area contributed by atoms with Crippen LogP contribution < -0.4 is 14.8 Å². The molecule has 1 aromatic carbocycles. The second-order valence-electron chi connectivity index (χ2n) is 5.10. The number of hydrogen-bond donors (Lipinski definition) is 2. The molecule has 0 saturated heterocycles. The number of anilines is 2. The number of aromatic amines is 1. The fourth-order valence-corrected chi connectivity index (χ4v) is 2.31. The van der Waals surface area contributed by atoms with Gasteiger partial charge in [0.1, 0.15) is 24.0 Å². The lowest BCUT2D eigenvalue weighted by molar-refractivity contribution is 0.292. The summed E-state index contributed by atoms with van der Waals surface area (Å²) in [6.45, 7) is 2.40. The maximum Gasteiger partial charge on any atom is 0.235 e. The van der Waals surface area contributed by atoms with Crippen LogP contribution in [0.15, 0.2) is 36.5 Å². The molecule has 0 bridgehead atoms. The number of rotatable bonds is 6. The predicted octanol–water partition coefficient (Wildman–Crippen LogP) is 3.49. The van der Waals surface area contributed by atoms with Crippen molar-refractivity contribution in [3.63, 3.8) is 0 Å². The SMILES string of the molecule is COc1cc(C)cc(COc2cc(Nc3ccnc(Cl)n3)[nH]n2)c1. The second kappa shape index (κ2) is 7.18. The lowest BCUT2D eigenvalue weighted by Gasteiger charge is -2.07. The molecule has 8 heteroatoms. The van der Waals surface area contributed by atoms with Crippen LogP contribution in [-0.4, -0.2) is 27.3 Å². The highest BCUT2D eigenvalue weighted by atomic mass is 35.5.